The summed E-state index contributed by atoms with van der Waals surface area (Å²) >= 11 is 5.91. The van der Waals surface area contributed by atoms with Crippen molar-refractivity contribution in [2.45, 2.75) is 25.4 Å². The van der Waals surface area contributed by atoms with Crippen LogP contribution in [0.25, 0.3) is 27.0 Å². The van der Waals surface area contributed by atoms with Crippen LogP contribution in [0.15, 0.2) is 60.7 Å². The second kappa shape index (κ2) is 9.94. The first kappa shape index (κ1) is 22.5. The van der Waals surface area contributed by atoms with Crippen LogP contribution in [0.3, 0.4) is 0 Å². The van der Waals surface area contributed by atoms with Crippen LogP contribution in [0, 0.1) is 18.3 Å². The molecule has 0 aliphatic carbocycles. The lowest BCUT2D eigenvalue weighted by Crippen LogP contribution is -2.36. The highest BCUT2D eigenvalue weighted by Crippen LogP contribution is 2.32. The van der Waals surface area contributed by atoms with Crippen LogP contribution in [0.4, 0.5) is 10.1 Å². The molecule has 0 radical (unpaired) electrons. The number of fused-ring (bicyclic) bond motifs is 1. The Labute approximate surface area is 203 Å². The van der Waals surface area contributed by atoms with Crippen LogP contribution in [-0.4, -0.2) is 23.1 Å². The van der Waals surface area contributed by atoms with Gasteiger partial charge in [-0.3, -0.25) is 0 Å². The number of hydrogen-bond acceptors (Lipinski definition) is 3. The first-order chi connectivity index (χ1) is 16.6. The van der Waals surface area contributed by atoms with E-state index in [0.717, 1.165) is 42.9 Å². The van der Waals surface area contributed by atoms with E-state index in [2.05, 4.69) is 49.7 Å². The van der Waals surface area contributed by atoms with Crippen LogP contribution >= 0.6 is 11.6 Å². The molecular formula is C27H25ClFN5. The molecule has 5 rings (SSSR count). The van der Waals surface area contributed by atoms with E-state index in [4.69, 9.17) is 18.2 Å². The highest BCUT2D eigenvalue weighted by molar-refractivity contribution is 6.31. The Morgan fingerprint density at radius 2 is 1.88 bits per heavy atom. The number of nitrogens with one attached hydrogen (secondary N) is 3. The predicted octanol–water partition coefficient (Wildman–Crippen LogP) is 6.40. The van der Waals surface area contributed by atoms with E-state index in [1.165, 1.54) is 11.6 Å². The van der Waals surface area contributed by atoms with Gasteiger partial charge in [-0.25, -0.2) is 14.2 Å². The van der Waals surface area contributed by atoms with Gasteiger partial charge in [0.05, 0.1) is 29.2 Å². The number of imidazole rings is 1. The van der Waals surface area contributed by atoms with Crippen molar-refractivity contribution >= 4 is 28.3 Å². The number of hydrogen-bond donors (Lipinski definition) is 3. The topological polar surface area (TPSA) is 57.1 Å². The molecule has 7 heteroatoms. The molecule has 0 amide bonds. The van der Waals surface area contributed by atoms with Crippen LogP contribution in [0.2, 0.25) is 5.02 Å². The number of nitrogens with zero attached hydrogens (tertiary/aromatic N) is 2. The van der Waals surface area contributed by atoms with Gasteiger partial charge in [0, 0.05) is 12.1 Å². The summed E-state index contributed by atoms with van der Waals surface area (Å²) in [4.78, 5) is 11.3. The van der Waals surface area contributed by atoms with Crippen molar-refractivity contribution in [2.24, 2.45) is 5.92 Å². The first-order valence-corrected chi connectivity index (χ1v) is 11.8. The third-order valence-corrected chi connectivity index (χ3v) is 6.79. The minimum absolute atomic E-state index is 0.0770. The number of halogens is 2. The van der Waals surface area contributed by atoms with E-state index in [-0.39, 0.29) is 11.1 Å². The van der Waals surface area contributed by atoms with E-state index >= 15 is 0 Å². The molecule has 1 unspecified atom stereocenters. The fraction of sp³-hybridized carbons (Fsp3) is 0.259. The van der Waals surface area contributed by atoms with Gasteiger partial charge in [0.15, 0.2) is 5.69 Å². The summed E-state index contributed by atoms with van der Waals surface area (Å²) in [6.07, 6.45) is 2.18. The third kappa shape index (κ3) is 4.83. The first-order valence-electron chi connectivity index (χ1n) is 11.5. The molecule has 0 spiro atoms. The molecule has 1 aliphatic heterocycles. The van der Waals surface area contributed by atoms with Crippen molar-refractivity contribution in [1.29, 1.82) is 0 Å². The highest BCUT2D eigenvalue weighted by Gasteiger charge is 2.25. The molecule has 1 atom stereocenters. The molecule has 0 bridgehead atoms. The van der Waals surface area contributed by atoms with Gasteiger partial charge in [0.25, 0.3) is 0 Å². The molecule has 5 nitrogen and oxygen atoms in total. The van der Waals surface area contributed by atoms with Crippen molar-refractivity contribution in [3.63, 3.8) is 0 Å². The van der Waals surface area contributed by atoms with Crippen molar-refractivity contribution in [3.8, 4) is 11.1 Å². The summed E-state index contributed by atoms with van der Waals surface area (Å²) in [7, 11) is 0. The zero-order valence-corrected chi connectivity index (χ0v) is 19.4. The van der Waals surface area contributed by atoms with Crippen LogP contribution in [0.1, 0.15) is 30.3 Å². The zero-order valence-electron chi connectivity index (χ0n) is 18.6. The molecule has 3 aromatic carbocycles. The fourth-order valence-electron chi connectivity index (χ4n) is 4.72. The third-order valence-electron chi connectivity index (χ3n) is 6.50. The van der Waals surface area contributed by atoms with Crippen molar-refractivity contribution in [3.05, 3.63) is 94.3 Å². The standard InChI is InChI=1S/C27H25ClFN5/c1-30-21-4-2-3-20(13-21)17-5-7-18(8-6-17)27(19-9-11-31-12-10-19)32-16-26-33-24-14-22(28)23(29)15-25(24)34-26/h2-8,13-15,19,27,31-32H,9-12,16H2,(H,33,34). The lowest BCUT2D eigenvalue weighted by atomic mass is 9.85. The average molecular weight is 474 g/mol. The maximum absolute atomic E-state index is 13.8. The lowest BCUT2D eigenvalue weighted by Gasteiger charge is -2.32. The Kier molecular flexibility index (Phi) is 6.59. The van der Waals surface area contributed by atoms with Crippen molar-refractivity contribution in [1.82, 2.24) is 20.6 Å². The maximum Gasteiger partial charge on any atom is 0.187 e. The van der Waals surface area contributed by atoms with Crippen LogP contribution < -0.4 is 10.6 Å². The number of H-pyrrole nitrogens is 1. The van der Waals surface area contributed by atoms with Crippen molar-refractivity contribution < 1.29 is 4.39 Å². The second-order valence-electron chi connectivity index (χ2n) is 8.70. The van der Waals surface area contributed by atoms with Crippen LogP contribution in [-0.2, 0) is 6.54 Å². The summed E-state index contributed by atoms with van der Waals surface area (Å²) in [5.41, 5.74) is 5.30. The average Bonchev–Trinajstić information content (AvgIpc) is 3.27. The molecule has 1 fully saturated rings. The van der Waals surface area contributed by atoms with E-state index in [9.17, 15) is 4.39 Å². The van der Waals surface area contributed by atoms with E-state index in [0.29, 0.717) is 29.2 Å². The summed E-state index contributed by atoms with van der Waals surface area (Å²) in [6.45, 7) is 9.81. The smallest absolute Gasteiger partial charge is 0.187 e. The SMILES string of the molecule is [C-]#[N+]c1cccc(-c2ccc(C(NCc3nc4cc(Cl)c(F)cc4[nH]3)C3CCNCC3)cc2)c1. The van der Waals surface area contributed by atoms with Gasteiger partial charge in [0.2, 0.25) is 0 Å². The lowest BCUT2D eigenvalue weighted by molar-refractivity contribution is 0.280. The minimum Gasteiger partial charge on any atom is -0.341 e. The number of benzene rings is 3. The van der Waals surface area contributed by atoms with Gasteiger partial charge in [-0.2, -0.15) is 0 Å². The largest absolute Gasteiger partial charge is 0.341 e. The molecule has 0 saturated carbocycles. The summed E-state index contributed by atoms with van der Waals surface area (Å²) in [5, 5.41) is 7.22. The fourth-order valence-corrected chi connectivity index (χ4v) is 4.88. The molecule has 3 N–H and O–H groups in total. The predicted molar refractivity (Wildman–Crippen MR) is 134 cm³/mol. The molecule has 34 heavy (non-hydrogen) atoms. The number of aromatic amines is 1. The zero-order chi connectivity index (χ0) is 23.5. The monoisotopic (exact) mass is 473 g/mol. The Hall–Kier alpha value is -3.24. The molecule has 1 aromatic heterocycles. The van der Waals surface area contributed by atoms with Gasteiger partial charge < -0.3 is 15.6 Å². The highest BCUT2D eigenvalue weighted by atomic mass is 35.5. The van der Waals surface area contributed by atoms with Gasteiger partial charge in [-0.1, -0.05) is 54.1 Å². The summed E-state index contributed by atoms with van der Waals surface area (Å²) < 4.78 is 13.8. The Bertz CT molecular complexity index is 1300. The minimum atomic E-state index is -0.452. The summed E-state index contributed by atoms with van der Waals surface area (Å²) in [6, 6.07) is 19.4. The molecular weight excluding hydrogens is 449 g/mol. The Morgan fingerprint density at radius 3 is 2.65 bits per heavy atom. The second-order valence-corrected chi connectivity index (χ2v) is 9.10. The Morgan fingerprint density at radius 1 is 1.09 bits per heavy atom. The molecule has 4 aromatic rings. The number of piperidine rings is 1. The maximum atomic E-state index is 13.8. The molecule has 172 valence electrons. The number of aromatic nitrogens is 2. The van der Waals surface area contributed by atoms with Gasteiger partial charge in [-0.05, 0) is 60.7 Å². The van der Waals surface area contributed by atoms with E-state index < -0.39 is 5.82 Å². The van der Waals surface area contributed by atoms with E-state index in [1.807, 2.05) is 24.3 Å². The van der Waals surface area contributed by atoms with Crippen molar-refractivity contribution in [2.75, 3.05) is 13.1 Å². The van der Waals surface area contributed by atoms with Gasteiger partial charge >= 0.3 is 0 Å². The Balaban J connectivity index is 1.38. The van der Waals surface area contributed by atoms with Crippen LogP contribution in [0.5, 0.6) is 0 Å². The number of rotatable bonds is 6. The molecule has 2 heterocycles. The summed E-state index contributed by atoms with van der Waals surface area (Å²) in [5.74, 6) is 0.795. The molecule has 1 saturated heterocycles. The quantitative estimate of drug-likeness (QED) is 0.284. The normalized spacial score (nSPS) is 15.3. The van der Waals surface area contributed by atoms with Gasteiger partial charge in [-0.15, -0.1) is 0 Å². The molecule has 1 aliphatic rings. The van der Waals surface area contributed by atoms with E-state index in [1.54, 1.807) is 6.07 Å². The van der Waals surface area contributed by atoms with Gasteiger partial charge in [0.1, 0.15) is 11.6 Å².